The molecule has 2 aromatic heterocycles. The van der Waals surface area contributed by atoms with Gasteiger partial charge in [-0.05, 0) is 38.6 Å². The van der Waals surface area contributed by atoms with E-state index in [1.54, 1.807) is 17.0 Å². The molecule has 0 aromatic carbocycles. The SMILES string of the molecule is CSc1ncc2c(=O)n(CC3(O)CCN(C)CC34CCCC4)ccc2n1. The van der Waals surface area contributed by atoms with Crippen LogP contribution in [0.1, 0.15) is 32.1 Å². The van der Waals surface area contributed by atoms with Gasteiger partial charge in [-0.3, -0.25) is 4.79 Å². The van der Waals surface area contributed by atoms with E-state index in [1.807, 2.05) is 12.3 Å². The number of pyridine rings is 1. The Balaban J connectivity index is 1.71. The van der Waals surface area contributed by atoms with Crippen LogP contribution in [0.2, 0.25) is 0 Å². The van der Waals surface area contributed by atoms with Crippen LogP contribution in [0.5, 0.6) is 0 Å². The molecule has 4 rings (SSSR count). The molecule has 1 aliphatic heterocycles. The van der Waals surface area contributed by atoms with E-state index in [1.165, 1.54) is 11.8 Å². The van der Waals surface area contributed by atoms with Crippen LogP contribution in [0, 0.1) is 5.41 Å². The quantitative estimate of drug-likeness (QED) is 0.656. The van der Waals surface area contributed by atoms with Crippen molar-refractivity contribution in [2.75, 3.05) is 26.4 Å². The highest BCUT2D eigenvalue weighted by Gasteiger charge is 2.54. The lowest BCUT2D eigenvalue weighted by atomic mass is 9.66. The lowest BCUT2D eigenvalue weighted by molar-refractivity contribution is -0.139. The molecule has 140 valence electrons. The summed E-state index contributed by atoms with van der Waals surface area (Å²) < 4.78 is 1.66. The first-order chi connectivity index (χ1) is 12.5. The zero-order chi connectivity index (χ0) is 18.4. The van der Waals surface area contributed by atoms with E-state index >= 15 is 0 Å². The van der Waals surface area contributed by atoms with Gasteiger partial charge in [-0.15, -0.1) is 0 Å². The molecule has 26 heavy (non-hydrogen) atoms. The van der Waals surface area contributed by atoms with Crippen molar-refractivity contribution in [1.29, 1.82) is 0 Å². The van der Waals surface area contributed by atoms with Gasteiger partial charge in [0.2, 0.25) is 0 Å². The predicted molar refractivity (Wildman–Crippen MR) is 104 cm³/mol. The van der Waals surface area contributed by atoms with Crippen molar-refractivity contribution in [2.24, 2.45) is 5.41 Å². The van der Waals surface area contributed by atoms with Crippen LogP contribution in [0.3, 0.4) is 0 Å². The van der Waals surface area contributed by atoms with Gasteiger partial charge in [0.1, 0.15) is 0 Å². The number of hydrogen-bond donors (Lipinski definition) is 1. The topological polar surface area (TPSA) is 71.2 Å². The van der Waals surface area contributed by atoms with E-state index in [9.17, 15) is 9.90 Å². The van der Waals surface area contributed by atoms with E-state index in [0.717, 1.165) is 38.8 Å². The number of rotatable bonds is 3. The number of thioether (sulfide) groups is 1. The molecule has 6 nitrogen and oxygen atoms in total. The molecule has 1 spiro atoms. The average molecular weight is 375 g/mol. The van der Waals surface area contributed by atoms with Crippen molar-refractivity contribution < 1.29 is 5.11 Å². The number of hydrogen-bond acceptors (Lipinski definition) is 6. The van der Waals surface area contributed by atoms with E-state index in [4.69, 9.17) is 0 Å². The first-order valence-corrected chi connectivity index (χ1v) is 10.5. The first-order valence-electron chi connectivity index (χ1n) is 9.28. The van der Waals surface area contributed by atoms with E-state index in [-0.39, 0.29) is 11.0 Å². The zero-order valence-corrected chi connectivity index (χ0v) is 16.3. The number of aliphatic hydroxyl groups is 1. The van der Waals surface area contributed by atoms with Crippen LogP contribution < -0.4 is 5.56 Å². The minimum Gasteiger partial charge on any atom is -0.387 e. The fourth-order valence-corrected chi connectivity index (χ4v) is 5.21. The second kappa shape index (κ2) is 6.62. The summed E-state index contributed by atoms with van der Waals surface area (Å²) in [4.78, 5) is 23.9. The van der Waals surface area contributed by atoms with E-state index < -0.39 is 5.60 Å². The molecule has 1 aliphatic carbocycles. The number of piperidine rings is 1. The molecule has 0 radical (unpaired) electrons. The third-order valence-corrected chi connectivity index (χ3v) is 6.90. The fourth-order valence-electron chi connectivity index (χ4n) is 4.86. The molecule has 1 saturated heterocycles. The smallest absolute Gasteiger partial charge is 0.261 e. The monoisotopic (exact) mass is 374 g/mol. The minimum absolute atomic E-state index is 0.104. The van der Waals surface area contributed by atoms with Gasteiger partial charge in [0.25, 0.3) is 5.56 Å². The molecule has 2 fully saturated rings. The summed E-state index contributed by atoms with van der Waals surface area (Å²) in [7, 11) is 2.13. The fraction of sp³-hybridized carbons (Fsp3) is 0.632. The first kappa shape index (κ1) is 17.9. The Kier molecular flexibility index (Phi) is 4.57. The molecule has 0 bridgehead atoms. The molecule has 0 amide bonds. The standard InChI is InChI=1S/C19H26N4O2S/c1-22-10-8-19(25,18(12-22)6-3-4-7-18)13-23-9-5-15-14(16(23)24)11-20-17(21-15)26-2/h5,9,11,25H,3-4,6-8,10,12-13H2,1-2H3. The molecular weight excluding hydrogens is 348 g/mol. The van der Waals surface area contributed by atoms with Crippen LogP contribution in [0.15, 0.2) is 28.4 Å². The maximum Gasteiger partial charge on any atom is 0.261 e. The molecule has 7 heteroatoms. The summed E-state index contributed by atoms with van der Waals surface area (Å²) >= 11 is 1.46. The third kappa shape index (κ3) is 2.86. The highest BCUT2D eigenvalue weighted by Crippen LogP contribution is 2.51. The molecular formula is C19H26N4O2S. The third-order valence-electron chi connectivity index (χ3n) is 6.34. The molecule has 3 heterocycles. The normalized spacial score (nSPS) is 26.0. The Morgan fingerprint density at radius 1 is 1.31 bits per heavy atom. The highest BCUT2D eigenvalue weighted by atomic mass is 32.2. The van der Waals surface area contributed by atoms with Gasteiger partial charge in [-0.1, -0.05) is 24.6 Å². The minimum atomic E-state index is -0.840. The Hall–Kier alpha value is -1.44. The van der Waals surface area contributed by atoms with Crippen molar-refractivity contribution >= 4 is 22.7 Å². The summed E-state index contributed by atoms with van der Waals surface area (Å²) in [6.07, 6.45) is 10.4. The predicted octanol–water partition coefficient (Wildman–Crippen LogP) is 2.14. The van der Waals surface area contributed by atoms with Crippen LogP contribution >= 0.6 is 11.8 Å². The van der Waals surface area contributed by atoms with Gasteiger partial charge in [-0.2, -0.15) is 0 Å². The molecule has 1 atom stereocenters. The molecule has 1 N–H and O–H groups in total. The van der Waals surface area contributed by atoms with Crippen LogP contribution in [-0.2, 0) is 6.54 Å². The number of fused-ring (bicyclic) bond motifs is 1. The Morgan fingerprint density at radius 3 is 2.81 bits per heavy atom. The van der Waals surface area contributed by atoms with Crippen molar-refractivity contribution in [3.05, 3.63) is 28.8 Å². The lowest BCUT2D eigenvalue weighted by Gasteiger charge is -2.51. The Bertz CT molecular complexity index is 877. The van der Waals surface area contributed by atoms with Crippen LogP contribution in [0.25, 0.3) is 10.9 Å². The number of likely N-dealkylation sites (tertiary alicyclic amines) is 1. The Labute approximate surface area is 157 Å². The molecule has 1 unspecified atom stereocenters. The van der Waals surface area contributed by atoms with Gasteiger partial charge >= 0.3 is 0 Å². The zero-order valence-electron chi connectivity index (χ0n) is 15.4. The van der Waals surface area contributed by atoms with Crippen LogP contribution in [0.4, 0.5) is 0 Å². The van der Waals surface area contributed by atoms with Crippen molar-refractivity contribution in [3.63, 3.8) is 0 Å². The molecule has 2 aromatic rings. The Morgan fingerprint density at radius 2 is 2.08 bits per heavy atom. The van der Waals surface area contributed by atoms with Crippen molar-refractivity contribution in [1.82, 2.24) is 19.4 Å². The van der Waals surface area contributed by atoms with Crippen molar-refractivity contribution in [2.45, 2.75) is 49.4 Å². The van der Waals surface area contributed by atoms with E-state index in [0.29, 0.717) is 29.0 Å². The maximum atomic E-state index is 13.0. The highest BCUT2D eigenvalue weighted by molar-refractivity contribution is 7.98. The number of nitrogens with zero attached hydrogens (tertiary/aromatic N) is 4. The molecule has 1 saturated carbocycles. The van der Waals surface area contributed by atoms with Crippen molar-refractivity contribution in [3.8, 4) is 0 Å². The summed E-state index contributed by atoms with van der Waals surface area (Å²) in [5, 5.41) is 12.8. The summed E-state index contributed by atoms with van der Waals surface area (Å²) in [5.74, 6) is 0. The van der Waals surface area contributed by atoms with Gasteiger partial charge in [0.15, 0.2) is 5.16 Å². The van der Waals surface area contributed by atoms with Gasteiger partial charge in [-0.25, -0.2) is 9.97 Å². The van der Waals surface area contributed by atoms with Gasteiger partial charge < -0.3 is 14.6 Å². The van der Waals surface area contributed by atoms with Gasteiger partial charge in [0.05, 0.1) is 23.0 Å². The lowest BCUT2D eigenvalue weighted by Crippen LogP contribution is -2.60. The second-order valence-electron chi connectivity index (χ2n) is 7.91. The van der Waals surface area contributed by atoms with Gasteiger partial charge in [0, 0.05) is 30.9 Å². The average Bonchev–Trinajstić information content (AvgIpc) is 3.11. The maximum absolute atomic E-state index is 13.0. The van der Waals surface area contributed by atoms with Crippen LogP contribution in [-0.4, -0.2) is 56.5 Å². The largest absolute Gasteiger partial charge is 0.387 e. The summed E-state index contributed by atoms with van der Waals surface area (Å²) in [5.41, 5.74) is -0.395. The van der Waals surface area contributed by atoms with E-state index in [2.05, 4.69) is 21.9 Å². The second-order valence-corrected chi connectivity index (χ2v) is 8.68. The molecule has 2 aliphatic rings. The number of aromatic nitrogens is 3. The summed E-state index contributed by atoms with van der Waals surface area (Å²) in [6.45, 7) is 2.12. The summed E-state index contributed by atoms with van der Waals surface area (Å²) in [6, 6.07) is 1.86.